The van der Waals surface area contributed by atoms with Crippen molar-refractivity contribution in [3.8, 4) is 0 Å². The maximum Gasteiger partial charge on any atom is 0.421 e. The minimum absolute atomic E-state index is 0.0120. The van der Waals surface area contributed by atoms with Crippen molar-refractivity contribution in [3.63, 3.8) is 0 Å². The largest absolute Gasteiger partial charge is 0.466 e. The van der Waals surface area contributed by atoms with E-state index in [1.165, 1.54) is 13.0 Å². The van der Waals surface area contributed by atoms with Gasteiger partial charge in [-0.05, 0) is 39.3 Å². The summed E-state index contributed by atoms with van der Waals surface area (Å²) in [6.45, 7) is 7.80. The zero-order chi connectivity index (χ0) is 21.2. The molecule has 0 aliphatic carbocycles. The molecule has 1 aliphatic rings. The summed E-state index contributed by atoms with van der Waals surface area (Å²) in [6, 6.07) is 4.98. The number of hydrogen-bond acceptors (Lipinski definition) is 7. The number of para-hydroxylation sites is 1. The van der Waals surface area contributed by atoms with Crippen LogP contribution < -0.4 is 4.90 Å². The van der Waals surface area contributed by atoms with Crippen LogP contribution >= 0.6 is 0 Å². The summed E-state index contributed by atoms with van der Waals surface area (Å²) >= 11 is 0. The molecule has 0 radical (unpaired) electrons. The number of benzene rings is 1. The average Bonchev–Trinajstić information content (AvgIpc) is 2.86. The normalized spacial score (nSPS) is 18.2. The fraction of sp³-hybridized carbons (Fsp3) is 0.526. The number of fused-ring (bicyclic) bond motifs is 1. The van der Waals surface area contributed by atoms with Crippen LogP contribution in [0.4, 0.5) is 10.5 Å². The van der Waals surface area contributed by atoms with Gasteiger partial charge in [-0.2, -0.15) is 0 Å². The van der Waals surface area contributed by atoms with Crippen LogP contribution in [0.1, 0.15) is 46.1 Å². The first-order valence-electron chi connectivity index (χ1n) is 8.95. The SMILES string of the molecule is CCOC(=O)[C@H]([C@@H]1C(=O)N(C(=O)OC(C)(C)C)c2ccccc21)[C@H](C)[N+](=O)[O-]. The number of amides is 2. The Hall–Kier alpha value is -2.97. The van der Waals surface area contributed by atoms with E-state index in [0.717, 1.165) is 4.90 Å². The number of anilines is 1. The Balaban J connectivity index is 2.54. The third-order valence-corrected chi connectivity index (χ3v) is 4.35. The number of carbonyl (C=O) groups excluding carboxylic acids is 3. The molecule has 2 amide bonds. The summed E-state index contributed by atoms with van der Waals surface area (Å²) in [6.07, 6.45) is -0.899. The fourth-order valence-corrected chi connectivity index (χ4v) is 3.17. The van der Waals surface area contributed by atoms with Crippen LogP contribution in [0.5, 0.6) is 0 Å². The highest BCUT2D eigenvalue weighted by molar-refractivity contribution is 6.20. The molecule has 0 bridgehead atoms. The van der Waals surface area contributed by atoms with Crippen molar-refractivity contribution in [2.75, 3.05) is 11.5 Å². The summed E-state index contributed by atoms with van der Waals surface area (Å²) in [5, 5.41) is 11.4. The van der Waals surface area contributed by atoms with Crippen molar-refractivity contribution in [2.24, 2.45) is 5.92 Å². The molecule has 152 valence electrons. The van der Waals surface area contributed by atoms with Crippen molar-refractivity contribution >= 4 is 23.7 Å². The highest BCUT2D eigenvalue weighted by atomic mass is 16.6. The number of esters is 1. The molecule has 0 fully saturated rings. The molecule has 0 aromatic heterocycles. The summed E-state index contributed by atoms with van der Waals surface area (Å²) in [5.74, 6) is -4.20. The second-order valence-electron chi connectivity index (χ2n) is 7.49. The van der Waals surface area contributed by atoms with Crippen LogP contribution in [0.3, 0.4) is 0 Å². The van der Waals surface area contributed by atoms with Gasteiger partial charge in [0, 0.05) is 11.8 Å². The Morgan fingerprint density at radius 2 is 1.89 bits per heavy atom. The molecule has 28 heavy (non-hydrogen) atoms. The lowest BCUT2D eigenvalue weighted by atomic mass is 9.82. The van der Waals surface area contributed by atoms with Gasteiger partial charge in [0.05, 0.1) is 18.2 Å². The Labute approximate surface area is 162 Å². The molecule has 1 aromatic rings. The standard InChI is InChI=1S/C19H24N2O7/c1-6-27-17(23)14(11(2)21(25)26)15-12-9-7-8-10-13(12)20(16(15)22)18(24)28-19(3,4)5/h7-11,14-15H,6H2,1-5H3/t11-,14-,15+/m0/s1. The first-order valence-corrected chi connectivity index (χ1v) is 8.95. The topological polar surface area (TPSA) is 116 Å². The Bertz CT molecular complexity index is 800. The maximum atomic E-state index is 13.2. The van der Waals surface area contributed by atoms with Gasteiger partial charge < -0.3 is 9.47 Å². The summed E-state index contributed by atoms with van der Waals surface area (Å²) in [7, 11) is 0. The van der Waals surface area contributed by atoms with Crippen LogP contribution in [-0.2, 0) is 19.1 Å². The molecule has 9 nitrogen and oxygen atoms in total. The number of rotatable bonds is 5. The quantitative estimate of drug-likeness (QED) is 0.430. The van der Waals surface area contributed by atoms with E-state index in [0.29, 0.717) is 5.56 Å². The number of ether oxygens (including phenoxy) is 2. The molecular formula is C19H24N2O7. The first kappa shape index (κ1) is 21.3. The molecule has 1 heterocycles. The molecule has 0 N–H and O–H groups in total. The molecule has 0 spiro atoms. The van der Waals surface area contributed by atoms with Gasteiger partial charge in [-0.15, -0.1) is 0 Å². The van der Waals surface area contributed by atoms with E-state index >= 15 is 0 Å². The third-order valence-electron chi connectivity index (χ3n) is 4.35. The minimum Gasteiger partial charge on any atom is -0.466 e. The predicted octanol–water partition coefficient (Wildman–Crippen LogP) is 2.90. The molecular weight excluding hydrogens is 368 g/mol. The van der Waals surface area contributed by atoms with Crippen LogP contribution in [0, 0.1) is 16.0 Å². The van der Waals surface area contributed by atoms with Crippen LogP contribution in [0.25, 0.3) is 0 Å². The van der Waals surface area contributed by atoms with E-state index in [4.69, 9.17) is 9.47 Å². The molecule has 1 aliphatic heterocycles. The van der Waals surface area contributed by atoms with Gasteiger partial charge >= 0.3 is 12.1 Å². The van der Waals surface area contributed by atoms with E-state index < -0.39 is 46.4 Å². The Morgan fingerprint density at radius 3 is 2.43 bits per heavy atom. The van der Waals surface area contributed by atoms with Gasteiger partial charge in [-0.1, -0.05) is 18.2 Å². The van der Waals surface area contributed by atoms with Gasteiger partial charge in [0.15, 0.2) is 0 Å². The van der Waals surface area contributed by atoms with Crippen LogP contribution in [-0.4, -0.2) is 41.1 Å². The lowest BCUT2D eigenvalue weighted by Gasteiger charge is -2.25. The molecule has 0 saturated heterocycles. The zero-order valence-corrected chi connectivity index (χ0v) is 16.5. The zero-order valence-electron chi connectivity index (χ0n) is 16.5. The van der Waals surface area contributed by atoms with Gasteiger partial charge in [-0.25, -0.2) is 9.69 Å². The van der Waals surface area contributed by atoms with E-state index in [-0.39, 0.29) is 12.3 Å². The first-order chi connectivity index (χ1) is 13.0. The van der Waals surface area contributed by atoms with Gasteiger partial charge in [0.25, 0.3) is 0 Å². The minimum atomic E-state index is -1.39. The number of imide groups is 1. The highest BCUT2D eigenvalue weighted by Crippen LogP contribution is 2.43. The van der Waals surface area contributed by atoms with E-state index in [1.807, 2.05) is 0 Å². The lowest BCUT2D eigenvalue weighted by Crippen LogP contribution is -2.44. The number of nitro groups is 1. The molecule has 1 aromatic carbocycles. The average molecular weight is 392 g/mol. The molecule has 9 heteroatoms. The predicted molar refractivity (Wildman–Crippen MR) is 99.5 cm³/mol. The molecule has 3 atom stereocenters. The van der Waals surface area contributed by atoms with Gasteiger partial charge in [0.2, 0.25) is 11.9 Å². The number of hydrogen-bond donors (Lipinski definition) is 0. The van der Waals surface area contributed by atoms with Gasteiger partial charge in [0.1, 0.15) is 11.5 Å². The summed E-state index contributed by atoms with van der Waals surface area (Å²) < 4.78 is 10.3. The second kappa shape index (κ2) is 7.95. The monoisotopic (exact) mass is 392 g/mol. The molecule has 2 rings (SSSR count). The van der Waals surface area contributed by atoms with Crippen molar-refractivity contribution in [3.05, 3.63) is 39.9 Å². The second-order valence-corrected chi connectivity index (χ2v) is 7.49. The van der Waals surface area contributed by atoms with E-state index in [1.54, 1.807) is 45.9 Å². The summed E-state index contributed by atoms with van der Waals surface area (Å²) in [5.41, 5.74) is -0.249. The highest BCUT2D eigenvalue weighted by Gasteiger charge is 2.53. The maximum absolute atomic E-state index is 13.2. The van der Waals surface area contributed by atoms with Crippen molar-refractivity contribution < 1.29 is 28.8 Å². The van der Waals surface area contributed by atoms with Crippen molar-refractivity contribution in [1.29, 1.82) is 0 Å². The molecule has 0 unspecified atom stereocenters. The number of carbonyl (C=O) groups is 3. The van der Waals surface area contributed by atoms with Crippen molar-refractivity contribution in [2.45, 2.75) is 52.2 Å². The van der Waals surface area contributed by atoms with E-state index in [9.17, 15) is 24.5 Å². The van der Waals surface area contributed by atoms with Crippen molar-refractivity contribution in [1.82, 2.24) is 0 Å². The van der Waals surface area contributed by atoms with Gasteiger partial charge in [-0.3, -0.25) is 19.7 Å². The fourth-order valence-electron chi connectivity index (χ4n) is 3.17. The van der Waals surface area contributed by atoms with Crippen LogP contribution in [0.15, 0.2) is 24.3 Å². The molecule has 0 saturated carbocycles. The smallest absolute Gasteiger partial charge is 0.421 e. The van der Waals surface area contributed by atoms with Crippen LogP contribution in [0.2, 0.25) is 0 Å². The Morgan fingerprint density at radius 1 is 1.29 bits per heavy atom. The van der Waals surface area contributed by atoms with E-state index in [2.05, 4.69) is 0 Å². The lowest BCUT2D eigenvalue weighted by molar-refractivity contribution is -0.525. The number of nitrogens with zero attached hydrogens (tertiary/aromatic N) is 2. The third kappa shape index (κ3) is 4.13. The summed E-state index contributed by atoms with van der Waals surface area (Å²) in [4.78, 5) is 49.9. The Kier molecular flexibility index (Phi) is 6.06.